The normalized spacial score (nSPS) is 15.8. The molecule has 1 atom stereocenters. The number of halogens is 3. The summed E-state index contributed by atoms with van der Waals surface area (Å²) in [4.78, 5) is 17.6. The molecule has 1 aliphatic rings. The highest BCUT2D eigenvalue weighted by atomic mass is 35.5. The van der Waals surface area contributed by atoms with E-state index >= 15 is 0 Å². The van der Waals surface area contributed by atoms with E-state index in [1.165, 1.54) is 0 Å². The quantitative estimate of drug-likeness (QED) is 0.271. The molecule has 1 fully saturated rings. The third-order valence-corrected chi connectivity index (χ3v) is 7.17. The summed E-state index contributed by atoms with van der Waals surface area (Å²) in [6.07, 6.45) is 0. The second-order valence-electron chi connectivity index (χ2n) is 8.55. The van der Waals surface area contributed by atoms with Crippen molar-refractivity contribution < 1.29 is 4.79 Å². The number of hydrogen-bond acceptors (Lipinski definition) is 2. The predicted octanol–water partition coefficient (Wildman–Crippen LogP) is 8.02. The van der Waals surface area contributed by atoms with E-state index in [4.69, 9.17) is 34.8 Å². The topological polar surface area (TPSA) is 23.6 Å². The van der Waals surface area contributed by atoms with Crippen molar-refractivity contribution in [2.75, 3.05) is 24.5 Å². The van der Waals surface area contributed by atoms with Crippen LogP contribution in [0.1, 0.15) is 22.0 Å². The Morgan fingerprint density at radius 1 is 0.714 bits per heavy atom. The molecule has 176 valence electrons. The third kappa shape index (κ3) is 5.18. The zero-order valence-corrected chi connectivity index (χ0v) is 21.1. The van der Waals surface area contributed by atoms with Crippen molar-refractivity contribution in [2.45, 2.75) is 6.04 Å². The van der Waals surface area contributed by atoms with E-state index in [0.717, 1.165) is 22.4 Å². The van der Waals surface area contributed by atoms with Gasteiger partial charge in [-0.2, -0.15) is 0 Å². The number of anilines is 1. The van der Waals surface area contributed by atoms with Gasteiger partial charge in [-0.15, -0.1) is 0 Å². The van der Waals surface area contributed by atoms with Crippen LogP contribution in [0.25, 0.3) is 11.1 Å². The maximum absolute atomic E-state index is 13.5. The van der Waals surface area contributed by atoms with Crippen LogP contribution in [0.15, 0.2) is 97.1 Å². The summed E-state index contributed by atoms with van der Waals surface area (Å²) in [5.74, 6) is 0.0189. The summed E-state index contributed by atoms with van der Waals surface area (Å²) in [6, 6.07) is 31.2. The number of benzene rings is 4. The van der Waals surface area contributed by atoms with Crippen LogP contribution in [0.2, 0.25) is 15.1 Å². The molecule has 1 unspecified atom stereocenters. The Morgan fingerprint density at radius 3 is 2.06 bits per heavy atom. The SMILES string of the molecule is O=C(c1ccc(-c2ccccc2)cc1)N1CCN(c2ccc(Cl)cc2Cl)C(c2ccc(Cl)cc2)C1. The maximum atomic E-state index is 13.5. The number of carbonyl (C=O) groups is 1. The number of carbonyl (C=O) groups excluding carboxylic acids is 1. The number of amides is 1. The van der Waals surface area contributed by atoms with Crippen LogP contribution in [0.3, 0.4) is 0 Å². The first-order valence-corrected chi connectivity index (χ1v) is 12.5. The molecule has 1 saturated heterocycles. The fourth-order valence-corrected chi connectivity index (χ4v) is 5.20. The molecule has 4 aromatic rings. The van der Waals surface area contributed by atoms with E-state index in [-0.39, 0.29) is 11.9 Å². The largest absolute Gasteiger partial charge is 0.360 e. The summed E-state index contributed by atoms with van der Waals surface area (Å²) < 4.78 is 0. The van der Waals surface area contributed by atoms with Crippen molar-refractivity contribution in [1.82, 2.24) is 4.90 Å². The second kappa shape index (κ2) is 10.3. The molecule has 0 spiro atoms. The first-order valence-electron chi connectivity index (χ1n) is 11.4. The Kier molecular flexibility index (Phi) is 7.01. The number of piperazine rings is 1. The van der Waals surface area contributed by atoms with E-state index in [9.17, 15) is 4.79 Å². The molecular weight excluding hydrogens is 499 g/mol. The molecule has 0 aromatic heterocycles. The Labute approximate surface area is 220 Å². The van der Waals surface area contributed by atoms with Gasteiger partial charge in [0, 0.05) is 35.2 Å². The Bertz CT molecular complexity index is 1320. The first-order chi connectivity index (χ1) is 17.0. The van der Waals surface area contributed by atoms with Gasteiger partial charge in [-0.25, -0.2) is 0 Å². The van der Waals surface area contributed by atoms with Gasteiger partial charge in [0.25, 0.3) is 5.91 Å². The highest BCUT2D eigenvalue weighted by Crippen LogP contribution is 2.37. The van der Waals surface area contributed by atoms with Crippen molar-refractivity contribution in [2.24, 2.45) is 0 Å². The van der Waals surface area contributed by atoms with Crippen LogP contribution in [0, 0.1) is 0 Å². The lowest BCUT2D eigenvalue weighted by Gasteiger charge is -2.43. The Morgan fingerprint density at radius 2 is 1.37 bits per heavy atom. The molecule has 1 amide bonds. The lowest BCUT2D eigenvalue weighted by molar-refractivity contribution is 0.0722. The van der Waals surface area contributed by atoms with Crippen LogP contribution < -0.4 is 4.90 Å². The molecule has 1 aliphatic heterocycles. The molecule has 1 heterocycles. The van der Waals surface area contributed by atoms with Gasteiger partial charge < -0.3 is 9.80 Å². The van der Waals surface area contributed by atoms with Gasteiger partial charge in [-0.3, -0.25) is 4.79 Å². The van der Waals surface area contributed by atoms with Crippen LogP contribution in [0.5, 0.6) is 0 Å². The molecule has 0 saturated carbocycles. The Hall–Kier alpha value is -2.98. The van der Waals surface area contributed by atoms with E-state index in [1.54, 1.807) is 6.07 Å². The second-order valence-corrected chi connectivity index (χ2v) is 9.83. The summed E-state index contributed by atoms with van der Waals surface area (Å²) in [7, 11) is 0. The minimum atomic E-state index is -0.0766. The van der Waals surface area contributed by atoms with E-state index in [1.807, 2.05) is 83.8 Å². The predicted molar refractivity (Wildman–Crippen MR) is 146 cm³/mol. The van der Waals surface area contributed by atoms with E-state index in [2.05, 4.69) is 17.0 Å². The maximum Gasteiger partial charge on any atom is 0.253 e. The van der Waals surface area contributed by atoms with Crippen molar-refractivity contribution in [3.63, 3.8) is 0 Å². The molecule has 35 heavy (non-hydrogen) atoms. The van der Waals surface area contributed by atoms with Crippen molar-refractivity contribution in [3.05, 3.63) is 123 Å². The van der Waals surface area contributed by atoms with Gasteiger partial charge in [0.15, 0.2) is 0 Å². The molecule has 6 heteroatoms. The molecule has 0 aliphatic carbocycles. The van der Waals surface area contributed by atoms with Crippen LogP contribution in [0.4, 0.5) is 5.69 Å². The van der Waals surface area contributed by atoms with Crippen LogP contribution in [-0.2, 0) is 0 Å². The van der Waals surface area contributed by atoms with Gasteiger partial charge in [-0.1, -0.05) is 89.4 Å². The lowest BCUT2D eigenvalue weighted by Crippen LogP contribution is -2.50. The van der Waals surface area contributed by atoms with E-state index < -0.39 is 0 Å². The molecule has 4 aromatic carbocycles. The van der Waals surface area contributed by atoms with Gasteiger partial charge in [0.05, 0.1) is 16.8 Å². The van der Waals surface area contributed by atoms with Crippen molar-refractivity contribution >= 4 is 46.4 Å². The zero-order valence-electron chi connectivity index (χ0n) is 18.9. The molecule has 5 rings (SSSR count). The molecule has 0 radical (unpaired) electrons. The highest BCUT2D eigenvalue weighted by molar-refractivity contribution is 6.36. The van der Waals surface area contributed by atoms with Crippen LogP contribution in [-0.4, -0.2) is 30.4 Å². The standard InChI is InChI=1S/C29H23Cl3N2O/c30-24-12-10-22(11-13-24)28-19-33(16-17-34(28)27-15-14-25(31)18-26(27)32)29(35)23-8-6-21(7-9-23)20-4-2-1-3-5-20/h1-15,18,28H,16-17,19H2. The average Bonchev–Trinajstić information content (AvgIpc) is 2.89. The molecule has 0 N–H and O–H groups in total. The fraction of sp³-hybridized carbons (Fsp3) is 0.138. The summed E-state index contributed by atoms with van der Waals surface area (Å²) in [5.41, 5.74) is 4.86. The monoisotopic (exact) mass is 520 g/mol. The van der Waals surface area contributed by atoms with Crippen LogP contribution >= 0.6 is 34.8 Å². The highest BCUT2D eigenvalue weighted by Gasteiger charge is 2.32. The number of hydrogen-bond donors (Lipinski definition) is 0. The minimum absolute atomic E-state index is 0.0189. The molecular formula is C29H23Cl3N2O. The zero-order chi connectivity index (χ0) is 24.4. The van der Waals surface area contributed by atoms with Crippen molar-refractivity contribution in [3.8, 4) is 11.1 Å². The fourth-order valence-electron chi connectivity index (χ4n) is 4.56. The molecule has 3 nitrogen and oxygen atoms in total. The third-order valence-electron chi connectivity index (χ3n) is 6.38. The minimum Gasteiger partial charge on any atom is -0.360 e. The summed E-state index contributed by atoms with van der Waals surface area (Å²) >= 11 is 18.9. The van der Waals surface area contributed by atoms with Gasteiger partial charge in [0.1, 0.15) is 0 Å². The number of nitrogens with zero attached hydrogens (tertiary/aromatic N) is 2. The average molecular weight is 522 g/mol. The summed E-state index contributed by atoms with van der Waals surface area (Å²) in [6.45, 7) is 1.75. The first kappa shape index (κ1) is 23.7. The smallest absolute Gasteiger partial charge is 0.253 e. The van der Waals surface area contributed by atoms with E-state index in [0.29, 0.717) is 40.3 Å². The number of rotatable bonds is 4. The Balaban J connectivity index is 1.41. The molecule has 0 bridgehead atoms. The van der Waals surface area contributed by atoms with Crippen molar-refractivity contribution in [1.29, 1.82) is 0 Å². The van der Waals surface area contributed by atoms with Gasteiger partial charge >= 0.3 is 0 Å². The summed E-state index contributed by atoms with van der Waals surface area (Å²) in [5, 5.41) is 1.86. The lowest BCUT2D eigenvalue weighted by atomic mass is 10.00. The van der Waals surface area contributed by atoms with Gasteiger partial charge in [0.2, 0.25) is 0 Å². The van der Waals surface area contributed by atoms with Gasteiger partial charge in [-0.05, 0) is 59.2 Å².